The van der Waals surface area contributed by atoms with Crippen molar-refractivity contribution in [3.63, 3.8) is 0 Å². The first-order valence-electron chi connectivity index (χ1n) is 7.12. The largest absolute Gasteiger partial charge is 0.462 e. The fraction of sp³-hybridized carbons (Fsp3) is 0.562. The maximum atomic E-state index is 12.0. The number of hydrogen-bond acceptors (Lipinski definition) is 3. The van der Waals surface area contributed by atoms with Crippen molar-refractivity contribution in [2.24, 2.45) is 0 Å². The molecule has 1 rings (SSSR count). The van der Waals surface area contributed by atoms with Crippen LogP contribution in [0.25, 0.3) is 0 Å². The SMILES string of the molecule is CCCCOCc1ccccc1C(=O)OCCCC. The first kappa shape index (κ1) is 15.7. The van der Waals surface area contributed by atoms with Crippen molar-refractivity contribution in [1.29, 1.82) is 0 Å². The van der Waals surface area contributed by atoms with Crippen LogP contribution < -0.4 is 0 Å². The summed E-state index contributed by atoms with van der Waals surface area (Å²) in [5.74, 6) is -0.247. The van der Waals surface area contributed by atoms with Crippen molar-refractivity contribution in [3.8, 4) is 0 Å². The van der Waals surface area contributed by atoms with E-state index in [4.69, 9.17) is 9.47 Å². The minimum Gasteiger partial charge on any atom is -0.462 e. The Hall–Kier alpha value is -1.35. The first-order valence-corrected chi connectivity index (χ1v) is 7.12. The standard InChI is InChI=1S/C16H24O3/c1-3-5-11-18-13-14-9-7-8-10-15(14)16(17)19-12-6-4-2/h7-10H,3-6,11-13H2,1-2H3. The molecule has 0 N–H and O–H groups in total. The molecule has 0 unspecified atom stereocenters. The van der Waals surface area contributed by atoms with Gasteiger partial charge in [-0.3, -0.25) is 0 Å². The lowest BCUT2D eigenvalue weighted by Gasteiger charge is -2.10. The molecule has 3 heteroatoms. The number of esters is 1. The Balaban J connectivity index is 2.54. The molecule has 0 radical (unpaired) electrons. The van der Waals surface area contributed by atoms with Crippen LogP contribution in [-0.2, 0) is 16.1 Å². The highest BCUT2D eigenvalue weighted by molar-refractivity contribution is 5.91. The van der Waals surface area contributed by atoms with Crippen molar-refractivity contribution in [2.45, 2.75) is 46.1 Å². The van der Waals surface area contributed by atoms with Crippen LogP contribution in [0.3, 0.4) is 0 Å². The van der Waals surface area contributed by atoms with Gasteiger partial charge in [-0.2, -0.15) is 0 Å². The van der Waals surface area contributed by atoms with Gasteiger partial charge in [0.2, 0.25) is 0 Å². The molecule has 1 aromatic rings. The molecule has 0 saturated heterocycles. The lowest BCUT2D eigenvalue weighted by molar-refractivity contribution is 0.0492. The third-order valence-corrected chi connectivity index (χ3v) is 2.87. The van der Waals surface area contributed by atoms with Gasteiger partial charge in [-0.05, 0) is 24.5 Å². The third-order valence-electron chi connectivity index (χ3n) is 2.87. The molecule has 0 aliphatic rings. The van der Waals surface area contributed by atoms with Gasteiger partial charge in [-0.25, -0.2) is 4.79 Å². The van der Waals surface area contributed by atoms with Gasteiger partial charge in [-0.15, -0.1) is 0 Å². The van der Waals surface area contributed by atoms with Gasteiger partial charge >= 0.3 is 5.97 Å². The summed E-state index contributed by atoms with van der Waals surface area (Å²) in [4.78, 5) is 12.0. The van der Waals surface area contributed by atoms with E-state index in [-0.39, 0.29) is 5.97 Å². The predicted octanol–water partition coefficient (Wildman–Crippen LogP) is 3.96. The van der Waals surface area contributed by atoms with Crippen LogP contribution in [0.2, 0.25) is 0 Å². The Bertz CT molecular complexity index is 374. The van der Waals surface area contributed by atoms with E-state index in [9.17, 15) is 4.79 Å². The summed E-state index contributed by atoms with van der Waals surface area (Å²) in [6.07, 6.45) is 4.08. The Morgan fingerprint density at radius 3 is 2.47 bits per heavy atom. The topological polar surface area (TPSA) is 35.5 Å². The predicted molar refractivity (Wildman–Crippen MR) is 76.2 cm³/mol. The fourth-order valence-electron chi connectivity index (χ4n) is 1.66. The molecule has 0 aromatic heterocycles. The van der Waals surface area contributed by atoms with Crippen molar-refractivity contribution in [3.05, 3.63) is 35.4 Å². The summed E-state index contributed by atoms with van der Waals surface area (Å²) in [5.41, 5.74) is 1.52. The van der Waals surface area contributed by atoms with E-state index in [1.54, 1.807) is 6.07 Å². The van der Waals surface area contributed by atoms with E-state index in [1.165, 1.54) is 0 Å². The Morgan fingerprint density at radius 2 is 1.74 bits per heavy atom. The summed E-state index contributed by atoms with van der Waals surface area (Å²) in [6, 6.07) is 7.49. The molecular weight excluding hydrogens is 240 g/mol. The lowest BCUT2D eigenvalue weighted by atomic mass is 10.1. The molecule has 3 nitrogen and oxygen atoms in total. The summed E-state index contributed by atoms with van der Waals surface area (Å²) in [6.45, 7) is 5.89. The van der Waals surface area contributed by atoms with Crippen molar-refractivity contribution >= 4 is 5.97 Å². The van der Waals surface area contributed by atoms with Crippen molar-refractivity contribution in [2.75, 3.05) is 13.2 Å². The second-order valence-electron chi connectivity index (χ2n) is 4.55. The van der Waals surface area contributed by atoms with Crippen LogP contribution >= 0.6 is 0 Å². The summed E-state index contributed by atoms with van der Waals surface area (Å²) < 4.78 is 10.8. The molecule has 0 fully saturated rings. The molecule has 1 aromatic carbocycles. The number of rotatable bonds is 9. The second kappa shape index (κ2) is 9.56. The van der Waals surface area contributed by atoms with Crippen molar-refractivity contribution < 1.29 is 14.3 Å². The van der Waals surface area contributed by atoms with Gasteiger partial charge in [0.15, 0.2) is 0 Å². The molecule has 0 aliphatic carbocycles. The van der Waals surface area contributed by atoms with Gasteiger partial charge in [0.25, 0.3) is 0 Å². The van der Waals surface area contributed by atoms with Crippen LogP contribution in [-0.4, -0.2) is 19.2 Å². The number of benzene rings is 1. The zero-order valence-corrected chi connectivity index (χ0v) is 12.0. The van der Waals surface area contributed by atoms with Crippen LogP contribution in [0.1, 0.15) is 55.5 Å². The maximum absolute atomic E-state index is 12.0. The van der Waals surface area contributed by atoms with E-state index in [1.807, 2.05) is 18.2 Å². The Morgan fingerprint density at radius 1 is 1.05 bits per heavy atom. The molecule has 0 atom stereocenters. The molecule has 19 heavy (non-hydrogen) atoms. The lowest BCUT2D eigenvalue weighted by Crippen LogP contribution is -2.10. The molecule has 0 amide bonds. The monoisotopic (exact) mass is 264 g/mol. The number of unbranched alkanes of at least 4 members (excludes halogenated alkanes) is 2. The number of ether oxygens (including phenoxy) is 2. The molecule has 0 heterocycles. The van der Waals surface area contributed by atoms with Gasteiger partial charge in [0, 0.05) is 6.61 Å². The average molecular weight is 264 g/mol. The van der Waals surface area contributed by atoms with E-state index in [0.29, 0.717) is 18.8 Å². The zero-order chi connectivity index (χ0) is 13.9. The summed E-state index contributed by atoms with van der Waals surface area (Å²) in [5, 5.41) is 0. The quantitative estimate of drug-likeness (QED) is 0.500. The van der Waals surface area contributed by atoms with E-state index >= 15 is 0 Å². The van der Waals surface area contributed by atoms with Crippen LogP contribution in [0.15, 0.2) is 24.3 Å². The minimum absolute atomic E-state index is 0.247. The van der Waals surface area contributed by atoms with E-state index in [0.717, 1.165) is 37.9 Å². The fourth-order valence-corrected chi connectivity index (χ4v) is 1.66. The number of carbonyl (C=O) groups excluding carboxylic acids is 1. The van der Waals surface area contributed by atoms with Gasteiger partial charge < -0.3 is 9.47 Å². The minimum atomic E-state index is -0.247. The zero-order valence-electron chi connectivity index (χ0n) is 12.0. The molecule has 0 spiro atoms. The molecule has 106 valence electrons. The normalized spacial score (nSPS) is 10.4. The first-order chi connectivity index (χ1) is 9.29. The van der Waals surface area contributed by atoms with Gasteiger partial charge in [0.05, 0.1) is 18.8 Å². The number of hydrogen-bond donors (Lipinski definition) is 0. The maximum Gasteiger partial charge on any atom is 0.338 e. The van der Waals surface area contributed by atoms with Crippen LogP contribution in [0.5, 0.6) is 0 Å². The molecule has 0 aliphatic heterocycles. The molecule has 0 bridgehead atoms. The third kappa shape index (κ3) is 5.88. The summed E-state index contributed by atoms with van der Waals surface area (Å²) >= 11 is 0. The van der Waals surface area contributed by atoms with Gasteiger partial charge in [0.1, 0.15) is 0 Å². The highest BCUT2D eigenvalue weighted by Crippen LogP contribution is 2.12. The summed E-state index contributed by atoms with van der Waals surface area (Å²) in [7, 11) is 0. The van der Waals surface area contributed by atoms with E-state index in [2.05, 4.69) is 13.8 Å². The average Bonchev–Trinajstić information content (AvgIpc) is 2.44. The van der Waals surface area contributed by atoms with Crippen LogP contribution in [0, 0.1) is 0 Å². The second-order valence-corrected chi connectivity index (χ2v) is 4.55. The number of carbonyl (C=O) groups is 1. The van der Waals surface area contributed by atoms with Gasteiger partial charge in [-0.1, -0.05) is 44.9 Å². The Labute approximate surface area is 115 Å². The van der Waals surface area contributed by atoms with E-state index < -0.39 is 0 Å². The van der Waals surface area contributed by atoms with Crippen LogP contribution in [0.4, 0.5) is 0 Å². The Kier molecular flexibility index (Phi) is 7.91. The molecule has 0 saturated carbocycles. The smallest absolute Gasteiger partial charge is 0.338 e. The highest BCUT2D eigenvalue weighted by Gasteiger charge is 2.11. The molecular formula is C16H24O3. The van der Waals surface area contributed by atoms with Crippen molar-refractivity contribution in [1.82, 2.24) is 0 Å². The highest BCUT2D eigenvalue weighted by atomic mass is 16.5.